The van der Waals surface area contributed by atoms with Crippen LogP contribution in [0.15, 0.2) is 62.3 Å². The molecule has 0 spiro atoms. The fraction of sp³-hybridized carbons (Fsp3) is 0.273. The molecule has 11 nitrogen and oxygen atoms in total. The summed E-state index contributed by atoms with van der Waals surface area (Å²) in [5.41, 5.74) is 0.559. The maximum Gasteiger partial charge on any atom is 0.279 e. The number of rotatable bonds is 6. The first-order valence-corrected chi connectivity index (χ1v) is 10.5. The lowest BCUT2D eigenvalue weighted by atomic mass is 9.99. The monoisotopic (exact) mass is 450 g/mol. The molecule has 0 aromatic carbocycles. The highest BCUT2D eigenvalue weighted by Gasteiger charge is 2.31. The number of furan rings is 2. The highest BCUT2D eigenvalue weighted by molar-refractivity contribution is 6.03. The van der Waals surface area contributed by atoms with E-state index >= 15 is 0 Å². The number of carbonyl (C=O) groups excluding carboxylic acids is 2. The van der Waals surface area contributed by atoms with Crippen LogP contribution in [0.3, 0.4) is 0 Å². The summed E-state index contributed by atoms with van der Waals surface area (Å²) >= 11 is 0. The highest BCUT2D eigenvalue weighted by Crippen LogP contribution is 2.27. The molecule has 1 fully saturated rings. The molecule has 3 N–H and O–H groups in total. The molecule has 2 amide bonds. The third-order valence-electron chi connectivity index (χ3n) is 5.38. The average Bonchev–Trinajstić information content (AvgIpc) is 3.60. The molecule has 2 unspecified atom stereocenters. The van der Waals surface area contributed by atoms with Crippen molar-refractivity contribution in [2.45, 2.75) is 32.6 Å². The van der Waals surface area contributed by atoms with Crippen LogP contribution in [0, 0.1) is 5.92 Å². The minimum Gasteiger partial charge on any atom is -0.463 e. The predicted molar refractivity (Wildman–Crippen MR) is 116 cm³/mol. The Morgan fingerprint density at radius 1 is 1.15 bits per heavy atom. The normalized spacial score (nSPS) is 18.5. The van der Waals surface area contributed by atoms with Crippen LogP contribution in [-0.4, -0.2) is 32.8 Å². The average molecular weight is 450 g/mol. The number of hydrogen-bond acceptors (Lipinski definition) is 8. The summed E-state index contributed by atoms with van der Waals surface area (Å²) in [5, 5.41) is 17.5. The largest absolute Gasteiger partial charge is 0.463 e. The zero-order chi connectivity index (χ0) is 22.9. The van der Waals surface area contributed by atoms with Gasteiger partial charge in [0.1, 0.15) is 11.5 Å². The molecule has 170 valence electrons. The fourth-order valence-electron chi connectivity index (χ4n) is 3.60. The van der Waals surface area contributed by atoms with Gasteiger partial charge in [-0.25, -0.2) is 4.68 Å². The first-order valence-electron chi connectivity index (χ1n) is 10.5. The number of nitrogens with zero attached hydrogens (tertiary/aromatic N) is 3. The molecule has 1 saturated heterocycles. The van der Waals surface area contributed by atoms with Gasteiger partial charge in [0.05, 0.1) is 12.5 Å². The van der Waals surface area contributed by atoms with E-state index in [4.69, 9.17) is 13.4 Å². The summed E-state index contributed by atoms with van der Waals surface area (Å²) in [5.74, 6) is 1.27. The first-order chi connectivity index (χ1) is 16.0. The SMILES string of the molecule is CC(C)C1CC(=O)NC(n2nc(-c3ccco3)cc2NC(=O)c2cc(-c3ccco3)on2)N1. The Labute approximate surface area is 188 Å². The van der Waals surface area contributed by atoms with E-state index in [0.717, 1.165) is 0 Å². The minimum atomic E-state index is -0.659. The summed E-state index contributed by atoms with van der Waals surface area (Å²) in [4.78, 5) is 25.3. The molecular weight excluding hydrogens is 428 g/mol. The van der Waals surface area contributed by atoms with Crippen molar-refractivity contribution < 1.29 is 22.9 Å². The van der Waals surface area contributed by atoms with E-state index in [9.17, 15) is 9.59 Å². The molecule has 33 heavy (non-hydrogen) atoms. The van der Waals surface area contributed by atoms with Crippen LogP contribution < -0.4 is 16.0 Å². The number of anilines is 1. The second-order valence-electron chi connectivity index (χ2n) is 8.04. The van der Waals surface area contributed by atoms with Crippen molar-refractivity contribution in [1.29, 1.82) is 0 Å². The lowest BCUT2D eigenvalue weighted by Crippen LogP contribution is -2.55. The summed E-state index contributed by atoms with van der Waals surface area (Å²) in [6.45, 7) is 4.07. The molecule has 2 atom stereocenters. The van der Waals surface area contributed by atoms with E-state index in [1.165, 1.54) is 23.3 Å². The van der Waals surface area contributed by atoms with Crippen LogP contribution in [-0.2, 0) is 4.79 Å². The maximum atomic E-state index is 12.9. The third-order valence-corrected chi connectivity index (χ3v) is 5.38. The summed E-state index contributed by atoms with van der Waals surface area (Å²) in [6.07, 6.45) is 2.74. The fourth-order valence-corrected chi connectivity index (χ4v) is 3.60. The predicted octanol–water partition coefficient (Wildman–Crippen LogP) is 3.23. The van der Waals surface area contributed by atoms with E-state index in [1.807, 2.05) is 13.8 Å². The van der Waals surface area contributed by atoms with E-state index in [0.29, 0.717) is 35.2 Å². The zero-order valence-electron chi connectivity index (χ0n) is 17.9. The maximum absolute atomic E-state index is 12.9. The van der Waals surface area contributed by atoms with Gasteiger partial charge in [-0.2, -0.15) is 5.10 Å². The Hall–Kier alpha value is -4.12. The van der Waals surface area contributed by atoms with E-state index < -0.39 is 12.2 Å². The molecule has 11 heteroatoms. The van der Waals surface area contributed by atoms with Crippen molar-refractivity contribution in [2.75, 3.05) is 5.32 Å². The Balaban J connectivity index is 1.45. The van der Waals surface area contributed by atoms with Gasteiger partial charge in [0, 0.05) is 24.6 Å². The molecule has 4 aromatic rings. The van der Waals surface area contributed by atoms with Gasteiger partial charge in [0.25, 0.3) is 5.91 Å². The number of aromatic nitrogens is 3. The molecule has 0 radical (unpaired) electrons. The number of amides is 2. The van der Waals surface area contributed by atoms with Gasteiger partial charge in [-0.05, 0) is 30.2 Å². The second kappa shape index (κ2) is 8.43. The van der Waals surface area contributed by atoms with Crippen LogP contribution in [0.25, 0.3) is 23.0 Å². The van der Waals surface area contributed by atoms with Crippen molar-refractivity contribution in [3.63, 3.8) is 0 Å². The summed E-state index contributed by atoms with van der Waals surface area (Å²) < 4.78 is 17.5. The van der Waals surface area contributed by atoms with Crippen molar-refractivity contribution in [3.05, 3.63) is 54.6 Å². The van der Waals surface area contributed by atoms with Gasteiger partial charge >= 0.3 is 0 Å². The van der Waals surface area contributed by atoms with Gasteiger partial charge in [0.2, 0.25) is 11.7 Å². The van der Waals surface area contributed by atoms with Crippen LogP contribution in [0.2, 0.25) is 0 Å². The van der Waals surface area contributed by atoms with Crippen LogP contribution in [0.4, 0.5) is 5.82 Å². The van der Waals surface area contributed by atoms with Crippen LogP contribution in [0.1, 0.15) is 37.0 Å². The molecule has 0 saturated carbocycles. The van der Waals surface area contributed by atoms with Gasteiger partial charge in [-0.3, -0.25) is 14.9 Å². The van der Waals surface area contributed by atoms with Gasteiger partial charge in [-0.1, -0.05) is 19.0 Å². The molecule has 1 aliphatic heterocycles. The minimum absolute atomic E-state index is 0.0463. The number of hydrogen-bond donors (Lipinski definition) is 3. The Bertz CT molecular complexity index is 1250. The number of carbonyl (C=O) groups is 2. The van der Waals surface area contributed by atoms with E-state index in [-0.39, 0.29) is 23.6 Å². The Morgan fingerprint density at radius 3 is 2.61 bits per heavy atom. The van der Waals surface area contributed by atoms with Crippen molar-refractivity contribution in [2.24, 2.45) is 5.92 Å². The van der Waals surface area contributed by atoms with Crippen molar-refractivity contribution in [1.82, 2.24) is 25.6 Å². The Kier molecular flexibility index (Phi) is 5.31. The van der Waals surface area contributed by atoms with Crippen LogP contribution >= 0.6 is 0 Å². The third kappa shape index (κ3) is 4.17. The topological polar surface area (TPSA) is 140 Å². The highest BCUT2D eigenvalue weighted by atomic mass is 16.5. The Morgan fingerprint density at radius 2 is 1.91 bits per heavy atom. The lowest BCUT2D eigenvalue weighted by Gasteiger charge is -2.34. The van der Waals surface area contributed by atoms with Crippen molar-refractivity contribution >= 4 is 17.6 Å². The molecule has 0 bridgehead atoms. The molecule has 5 heterocycles. The van der Waals surface area contributed by atoms with E-state index in [1.54, 1.807) is 30.3 Å². The molecule has 5 rings (SSSR count). The van der Waals surface area contributed by atoms with E-state index in [2.05, 4.69) is 26.2 Å². The number of nitrogens with one attached hydrogen (secondary N) is 3. The van der Waals surface area contributed by atoms with Crippen LogP contribution in [0.5, 0.6) is 0 Å². The first kappa shape index (κ1) is 20.8. The zero-order valence-corrected chi connectivity index (χ0v) is 17.9. The summed E-state index contributed by atoms with van der Waals surface area (Å²) in [7, 11) is 0. The quantitative estimate of drug-likeness (QED) is 0.407. The smallest absolute Gasteiger partial charge is 0.279 e. The standard InChI is InChI=1S/C22H22N6O5/c1-12(2)13-11-20(29)25-22(23-13)28-19(10-14(26-28)16-5-3-7-31-16)24-21(30)15-9-18(33-27-15)17-6-4-8-32-17/h3-10,12-13,22-23H,11H2,1-2H3,(H,24,30)(H,25,29). The molecular formula is C22H22N6O5. The summed E-state index contributed by atoms with van der Waals surface area (Å²) in [6, 6.07) is 10.0. The lowest BCUT2D eigenvalue weighted by molar-refractivity contribution is -0.126. The van der Waals surface area contributed by atoms with Gasteiger partial charge in [0.15, 0.2) is 23.5 Å². The molecule has 4 aromatic heterocycles. The second-order valence-corrected chi connectivity index (χ2v) is 8.04. The van der Waals surface area contributed by atoms with Gasteiger partial charge in [-0.15, -0.1) is 0 Å². The van der Waals surface area contributed by atoms with Gasteiger partial charge < -0.3 is 24.0 Å². The van der Waals surface area contributed by atoms with Crippen molar-refractivity contribution in [3.8, 4) is 23.0 Å². The molecule has 0 aliphatic carbocycles. The molecule has 1 aliphatic rings.